The van der Waals surface area contributed by atoms with E-state index in [1.165, 1.54) is 6.07 Å². The van der Waals surface area contributed by atoms with Crippen molar-refractivity contribution in [3.8, 4) is 5.75 Å². The van der Waals surface area contributed by atoms with Gasteiger partial charge in [-0.2, -0.15) is 0 Å². The Morgan fingerprint density at radius 2 is 2.05 bits per heavy atom. The van der Waals surface area contributed by atoms with Crippen molar-refractivity contribution in [2.75, 3.05) is 25.5 Å². The fourth-order valence-corrected chi connectivity index (χ4v) is 1.62. The zero-order valence-electron chi connectivity index (χ0n) is 12.5. The number of unbranched alkanes of at least 4 members (excludes halogenated alkanes) is 1. The first-order valence-corrected chi connectivity index (χ1v) is 7.04. The van der Waals surface area contributed by atoms with Crippen molar-refractivity contribution < 1.29 is 19.1 Å². The van der Waals surface area contributed by atoms with Crippen LogP contribution in [0.1, 0.15) is 37.0 Å². The molecule has 0 saturated heterocycles. The first-order chi connectivity index (χ1) is 10.1. The molecule has 6 nitrogen and oxygen atoms in total. The second-order valence-corrected chi connectivity index (χ2v) is 4.47. The Balaban J connectivity index is 2.53. The van der Waals surface area contributed by atoms with Gasteiger partial charge in [0.15, 0.2) is 6.61 Å². The van der Waals surface area contributed by atoms with E-state index in [1.54, 1.807) is 19.1 Å². The highest BCUT2D eigenvalue weighted by Gasteiger charge is 2.10. The highest BCUT2D eigenvalue weighted by Crippen LogP contribution is 2.22. The molecule has 1 aromatic rings. The van der Waals surface area contributed by atoms with E-state index in [0.717, 1.165) is 12.8 Å². The van der Waals surface area contributed by atoms with E-state index in [4.69, 9.17) is 15.2 Å². The Kier molecular flexibility index (Phi) is 7.08. The van der Waals surface area contributed by atoms with Crippen LogP contribution in [0, 0.1) is 0 Å². The highest BCUT2D eigenvalue weighted by molar-refractivity contribution is 5.91. The number of ether oxygens (including phenoxy) is 2. The lowest BCUT2D eigenvalue weighted by molar-refractivity contribution is -0.123. The van der Waals surface area contributed by atoms with E-state index in [1.807, 2.05) is 0 Å². The molecule has 0 fully saturated rings. The highest BCUT2D eigenvalue weighted by atomic mass is 16.5. The summed E-state index contributed by atoms with van der Waals surface area (Å²) in [6.07, 6.45) is 1.95. The Morgan fingerprint density at radius 3 is 2.67 bits per heavy atom. The minimum Gasteiger partial charge on any atom is -0.482 e. The number of nitrogens with one attached hydrogen (secondary N) is 1. The molecule has 6 heteroatoms. The number of hydrogen-bond donors (Lipinski definition) is 2. The van der Waals surface area contributed by atoms with Gasteiger partial charge in [-0.1, -0.05) is 13.3 Å². The number of esters is 1. The fourth-order valence-electron chi connectivity index (χ4n) is 1.62. The third kappa shape index (κ3) is 5.72. The molecule has 116 valence electrons. The van der Waals surface area contributed by atoms with E-state index in [-0.39, 0.29) is 12.5 Å². The molecular formula is C15H22N2O4. The zero-order valence-corrected chi connectivity index (χ0v) is 12.5. The van der Waals surface area contributed by atoms with E-state index >= 15 is 0 Å². The van der Waals surface area contributed by atoms with Gasteiger partial charge in [-0.15, -0.1) is 0 Å². The van der Waals surface area contributed by atoms with Crippen LogP contribution in [0.15, 0.2) is 18.2 Å². The minimum atomic E-state index is -0.437. The van der Waals surface area contributed by atoms with Crippen LogP contribution in [0.2, 0.25) is 0 Å². The van der Waals surface area contributed by atoms with Gasteiger partial charge in [0.25, 0.3) is 5.91 Å². The second kappa shape index (κ2) is 8.84. The molecule has 0 aromatic heterocycles. The first-order valence-electron chi connectivity index (χ1n) is 7.04. The molecule has 0 bridgehead atoms. The lowest BCUT2D eigenvalue weighted by Crippen LogP contribution is -2.29. The van der Waals surface area contributed by atoms with Gasteiger partial charge in [0.05, 0.1) is 17.9 Å². The number of hydrogen-bond acceptors (Lipinski definition) is 5. The van der Waals surface area contributed by atoms with E-state index in [9.17, 15) is 9.59 Å². The van der Waals surface area contributed by atoms with Gasteiger partial charge in [-0.3, -0.25) is 4.79 Å². The van der Waals surface area contributed by atoms with Crippen LogP contribution in [0.4, 0.5) is 5.69 Å². The summed E-state index contributed by atoms with van der Waals surface area (Å²) in [4.78, 5) is 23.1. The normalized spacial score (nSPS) is 10.0. The summed E-state index contributed by atoms with van der Waals surface area (Å²) in [5.41, 5.74) is 6.45. The van der Waals surface area contributed by atoms with E-state index in [2.05, 4.69) is 12.2 Å². The molecule has 0 radical (unpaired) electrons. The van der Waals surface area contributed by atoms with Crippen LogP contribution < -0.4 is 15.8 Å². The van der Waals surface area contributed by atoms with Crippen molar-refractivity contribution in [3.63, 3.8) is 0 Å². The molecule has 0 saturated carbocycles. The number of anilines is 1. The zero-order chi connectivity index (χ0) is 15.7. The summed E-state index contributed by atoms with van der Waals surface area (Å²) >= 11 is 0. The summed E-state index contributed by atoms with van der Waals surface area (Å²) < 4.78 is 10.2. The largest absolute Gasteiger partial charge is 0.482 e. The Hall–Kier alpha value is -2.24. The van der Waals surface area contributed by atoms with E-state index in [0.29, 0.717) is 30.2 Å². The van der Waals surface area contributed by atoms with Crippen LogP contribution in [0.5, 0.6) is 5.75 Å². The molecule has 0 aliphatic rings. The van der Waals surface area contributed by atoms with Crippen LogP contribution in [-0.4, -0.2) is 31.6 Å². The van der Waals surface area contributed by atoms with Crippen LogP contribution in [0.3, 0.4) is 0 Å². The first kappa shape index (κ1) is 16.8. The van der Waals surface area contributed by atoms with Crippen molar-refractivity contribution in [2.24, 2.45) is 0 Å². The van der Waals surface area contributed by atoms with Crippen molar-refractivity contribution in [1.82, 2.24) is 5.32 Å². The summed E-state index contributed by atoms with van der Waals surface area (Å²) in [6, 6.07) is 4.59. The maximum Gasteiger partial charge on any atom is 0.338 e. The van der Waals surface area contributed by atoms with Crippen molar-refractivity contribution in [1.29, 1.82) is 0 Å². The molecule has 1 amide bonds. The maximum atomic E-state index is 11.5. The SMILES string of the molecule is CCCCNC(=O)COc1ccc(C(=O)OCC)cc1N. The van der Waals surface area contributed by atoms with Crippen LogP contribution in [-0.2, 0) is 9.53 Å². The third-order valence-electron chi connectivity index (χ3n) is 2.73. The quantitative estimate of drug-likeness (QED) is 0.433. The molecule has 21 heavy (non-hydrogen) atoms. The van der Waals surface area contributed by atoms with Gasteiger partial charge in [-0.25, -0.2) is 4.79 Å². The van der Waals surface area contributed by atoms with Crippen molar-refractivity contribution in [3.05, 3.63) is 23.8 Å². The predicted molar refractivity (Wildman–Crippen MR) is 80.2 cm³/mol. The molecule has 1 rings (SSSR count). The molecule has 1 aromatic carbocycles. The van der Waals surface area contributed by atoms with Gasteiger partial charge in [-0.05, 0) is 31.5 Å². The molecule has 3 N–H and O–H groups in total. The lowest BCUT2D eigenvalue weighted by Gasteiger charge is -2.10. The molecule has 0 aliphatic carbocycles. The van der Waals surface area contributed by atoms with Crippen LogP contribution >= 0.6 is 0 Å². The number of rotatable bonds is 8. The standard InChI is InChI=1S/C15H22N2O4/c1-3-5-8-17-14(18)10-21-13-7-6-11(9-12(13)16)15(19)20-4-2/h6-7,9H,3-5,8,10,16H2,1-2H3,(H,17,18). The molecule has 0 aliphatic heterocycles. The average Bonchev–Trinajstić information content (AvgIpc) is 2.46. The van der Waals surface area contributed by atoms with Crippen molar-refractivity contribution in [2.45, 2.75) is 26.7 Å². The number of nitrogen functional groups attached to an aromatic ring is 1. The smallest absolute Gasteiger partial charge is 0.338 e. The van der Waals surface area contributed by atoms with Crippen LogP contribution in [0.25, 0.3) is 0 Å². The average molecular weight is 294 g/mol. The molecule has 0 spiro atoms. The number of nitrogens with two attached hydrogens (primary N) is 1. The van der Waals surface area contributed by atoms with Gasteiger partial charge >= 0.3 is 5.97 Å². The van der Waals surface area contributed by atoms with Crippen molar-refractivity contribution >= 4 is 17.6 Å². The monoisotopic (exact) mass is 294 g/mol. The van der Waals surface area contributed by atoms with Gasteiger partial charge in [0, 0.05) is 6.54 Å². The van der Waals surface area contributed by atoms with Gasteiger partial charge in [0.2, 0.25) is 0 Å². The topological polar surface area (TPSA) is 90.6 Å². The lowest BCUT2D eigenvalue weighted by atomic mass is 10.2. The molecule has 0 atom stereocenters. The fraction of sp³-hybridized carbons (Fsp3) is 0.467. The summed E-state index contributed by atoms with van der Waals surface area (Å²) in [6.45, 7) is 4.61. The maximum absolute atomic E-state index is 11.5. The van der Waals surface area contributed by atoms with E-state index < -0.39 is 5.97 Å². The number of amides is 1. The molecular weight excluding hydrogens is 272 g/mol. The van der Waals surface area contributed by atoms with Gasteiger partial charge < -0.3 is 20.5 Å². The number of carbonyl (C=O) groups excluding carboxylic acids is 2. The summed E-state index contributed by atoms with van der Waals surface area (Å²) in [7, 11) is 0. The summed E-state index contributed by atoms with van der Waals surface area (Å²) in [5.74, 6) is -0.265. The minimum absolute atomic E-state index is 0.104. The predicted octanol–water partition coefficient (Wildman–Crippen LogP) is 1.74. The molecule has 0 heterocycles. The molecule has 0 unspecified atom stereocenters. The summed E-state index contributed by atoms with van der Waals surface area (Å²) in [5, 5.41) is 2.74. The number of carbonyl (C=O) groups is 2. The third-order valence-corrected chi connectivity index (χ3v) is 2.73. The Morgan fingerprint density at radius 1 is 1.29 bits per heavy atom. The number of benzene rings is 1. The van der Waals surface area contributed by atoms with Gasteiger partial charge in [0.1, 0.15) is 5.75 Å². The Labute approximate surface area is 124 Å². The second-order valence-electron chi connectivity index (χ2n) is 4.47. The Bertz CT molecular complexity index is 489.